The van der Waals surface area contributed by atoms with Gasteiger partial charge in [-0.2, -0.15) is 0 Å². The molecule has 1 aliphatic rings. The molecule has 0 spiro atoms. The van der Waals surface area contributed by atoms with E-state index >= 15 is 0 Å². The number of H-pyrrole nitrogens is 1. The molecule has 28 heavy (non-hydrogen) atoms. The number of benzene rings is 1. The van der Waals surface area contributed by atoms with Crippen LogP contribution in [-0.2, 0) is 11.2 Å². The van der Waals surface area contributed by atoms with Gasteiger partial charge in [0, 0.05) is 55.0 Å². The molecule has 0 bridgehead atoms. The summed E-state index contributed by atoms with van der Waals surface area (Å²) >= 11 is 0. The van der Waals surface area contributed by atoms with Crippen molar-refractivity contribution < 1.29 is 9.53 Å². The number of fused-ring (bicyclic) bond motifs is 1. The third-order valence-corrected chi connectivity index (χ3v) is 5.41. The van der Waals surface area contributed by atoms with Gasteiger partial charge in [-0.25, -0.2) is 4.98 Å². The van der Waals surface area contributed by atoms with Gasteiger partial charge in [0.2, 0.25) is 5.91 Å². The predicted octanol–water partition coefficient (Wildman–Crippen LogP) is 2.54. The van der Waals surface area contributed by atoms with Gasteiger partial charge in [-0.05, 0) is 43.0 Å². The van der Waals surface area contributed by atoms with Crippen molar-refractivity contribution in [2.45, 2.75) is 19.3 Å². The van der Waals surface area contributed by atoms with Gasteiger partial charge in [-0.3, -0.25) is 9.78 Å². The number of rotatable bonds is 6. The molecule has 1 amide bonds. The summed E-state index contributed by atoms with van der Waals surface area (Å²) in [6.07, 6.45) is 9.63. The normalized spacial score (nSPS) is 15.0. The molecule has 3 heterocycles. The standard InChI is InChI=1S/C21H25N5O2/c1-28-17-2-3-19-18(12-17)16(13-25-19)4-7-24-21(27)15-5-10-26(11-6-15)20-14-22-8-9-23-20/h2-3,8-9,12-15,25H,4-7,10-11H2,1H3,(H,24,27). The van der Waals surface area contributed by atoms with Crippen molar-refractivity contribution in [3.63, 3.8) is 0 Å². The van der Waals surface area contributed by atoms with Gasteiger partial charge in [0.1, 0.15) is 11.6 Å². The van der Waals surface area contributed by atoms with Crippen LogP contribution in [0.25, 0.3) is 10.9 Å². The van der Waals surface area contributed by atoms with Crippen LogP contribution in [0, 0.1) is 5.92 Å². The Morgan fingerprint density at radius 3 is 2.93 bits per heavy atom. The summed E-state index contributed by atoms with van der Waals surface area (Å²) in [4.78, 5) is 26.5. The Labute approximate surface area is 164 Å². The van der Waals surface area contributed by atoms with E-state index in [1.807, 2.05) is 24.4 Å². The van der Waals surface area contributed by atoms with Gasteiger partial charge in [0.15, 0.2) is 0 Å². The van der Waals surface area contributed by atoms with Crippen molar-refractivity contribution >= 4 is 22.6 Å². The van der Waals surface area contributed by atoms with E-state index in [1.165, 1.54) is 5.56 Å². The van der Waals surface area contributed by atoms with E-state index in [9.17, 15) is 4.79 Å². The molecule has 7 heteroatoms. The monoisotopic (exact) mass is 379 g/mol. The summed E-state index contributed by atoms with van der Waals surface area (Å²) in [5.41, 5.74) is 2.27. The van der Waals surface area contributed by atoms with Crippen LogP contribution < -0.4 is 15.0 Å². The number of nitrogens with one attached hydrogen (secondary N) is 2. The maximum Gasteiger partial charge on any atom is 0.223 e. The third-order valence-electron chi connectivity index (χ3n) is 5.41. The molecule has 1 aliphatic heterocycles. The topological polar surface area (TPSA) is 83.1 Å². The lowest BCUT2D eigenvalue weighted by atomic mass is 9.96. The second-order valence-corrected chi connectivity index (χ2v) is 7.09. The molecule has 4 rings (SSSR count). The number of aromatic amines is 1. The Bertz CT molecular complexity index is 932. The number of anilines is 1. The molecule has 0 unspecified atom stereocenters. The number of methoxy groups -OCH3 is 1. The zero-order valence-electron chi connectivity index (χ0n) is 16.0. The highest BCUT2D eigenvalue weighted by atomic mass is 16.5. The van der Waals surface area contributed by atoms with E-state index in [-0.39, 0.29) is 11.8 Å². The van der Waals surface area contributed by atoms with Crippen molar-refractivity contribution in [2.75, 3.05) is 31.6 Å². The second kappa shape index (κ2) is 8.29. The highest BCUT2D eigenvalue weighted by Crippen LogP contribution is 2.24. The number of ether oxygens (including phenoxy) is 1. The minimum atomic E-state index is 0.0657. The number of carbonyl (C=O) groups excluding carboxylic acids is 1. The molecule has 0 saturated carbocycles. The molecule has 1 fully saturated rings. The molecule has 7 nitrogen and oxygen atoms in total. The van der Waals surface area contributed by atoms with Crippen LogP contribution >= 0.6 is 0 Å². The Morgan fingerprint density at radius 2 is 2.18 bits per heavy atom. The summed E-state index contributed by atoms with van der Waals surface area (Å²) in [5.74, 6) is 1.94. The van der Waals surface area contributed by atoms with Crippen molar-refractivity contribution in [3.8, 4) is 5.75 Å². The minimum Gasteiger partial charge on any atom is -0.497 e. The Kier molecular flexibility index (Phi) is 5.41. The zero-order valence-corrected chi connectivity index (χ0v) is 16.0. The fourth-order valence-electron chi connectivity index (χ4n) is 3.78. The summed E-state index contributed by atoms with van der Waals surface area (Å²) < 4.78 is 5.31. The third kappa shape index (κ3) is 3.93. The quantitative estimate of drug-likeness (QED) is 0.688. The fraction of sp³-hybridized carbons (Fsp3) is 0.381. The average Bonchev–Trinajstić information content (AvgIpc) is 3.16. The molecule has 1 aromatic carbocycles. The number of carbonyl (C=O) groups is 1. The molecular weight excluding hydrogens is 354 g/mol. The minimum absolute atomic E-state index is 0.0657. The van der Waals surface area contributed by atoms with E-state index < -0.39 is 0 Å². The molecule has 146 valence electrons. The van der Waals surface area contributed by atoms with E-state index in [0.29, 0.717) is 6.54 Å². The lowest BCUT2D eigenvalue weighted by Crippen LogP contribution is -2.41. The van der Waals surface area contributed by atoms with Crippen molar-refractivity contribution in [3.05, 3.63) is 48.5 Å². The van der Waals surface area contributed by atoms with Gasteiger partial charge >= 0.3 is 0 Å². The van der Waals surface area contributed by atoms with E-state index in [0.717, 1.165) is 54.8 Å². The van der Waals surface area contributed by atoms with Crippen LogP contribution in [0.2, 0.25) is 0 Å². The first-order chi connectivity index (χ1) is 13.7. The molecule has 2 N–H and O–H groups in total. The number of aromatic nitrogens is 3. The first-order valence-corrected chi connectivity index (χ1v) is 9.67. The lowest BCUT2D eigenvalue weighted by molar-refractivity contribution is -0.125. The molecule has 0 atom stereocenters. The SMILES string of the molecule is COc1ccc2[nH]cc(CCNC(=O)C3CCN(c4cnccn4)CC3)c2c1. The van der Waals surface area contributed by atoms with Crippen LogP contribution in [0.5, 0.6) is 5.75 Å². The highest BCUT2D eigenvalue weighted by Gasteiger charge is 2.25. The first-order valence-electron chi connectivity index (χ1n) is 9.67. The molecular formula is C21H25N5O2. The molecule has 2 aromatic heterocycles. The van der Waals surface area contributed by atoms with Gasteiger partial charge in [-0.1, -0.05) is 0 Å². The lowest BCUT2D eigenvalue weighted by Gasteiger charge is -2.31. The maximum absolute atomic E-state index is 12.5. The smallest absolute Gasteiger partial charge is 0.223 e. The van der Waals surface area contributed by atoms with Crippen molar-refractivity contribution in [1.29, 1.82) is 0 Å². The van der Waals surface area contributed by atoms with Crippen LogP contribution in [0.1, 0.15) is 18.4 Å². The largest absolute Gasteiger partial charge is 0.497 e. The van der Waals surface area contributed by atoms with Gasteiger partial charge in [0.25, 0.3) is 0 Å². The van der Waals surface area contributed by atoms with Crippen LogP contribution in [0.15, 0.2) is 43.0 Å². The van der Waals surface area contributed by atoms with Gasteiger partial charge in [-0.15, -0.1) is 0 Å². The summed E-state index contributed by atoms with van der Waals surface area (Å²) in [5, 5.41) is 4.25. The fourth-order valence-corrected chi connectivity index (χ4v) is 3.78. The zero-order chi connectivity index (χ0) is 19.3. The predicted molar refractivity (Wildman–Crippen MR) is 109 cm³/mol. The van der Waals surface area contributed by atoms with E-state index in [4.69, 9.17) is 4.74 Å². The van der Waals surface area contributed by atoms with Crippen LogP contribution in [0.3, 0.4) is 0 Å². The van der Waals surface area contributed by atoms with Crippen molar-refractivity contribution in [1.82, 2.24) is 20.3 Å². The Hall–Kier alpha value is -3.09. The Morgan fingerprint density at radius 1 is 1.32 bits per heavy atom. The number of amides is 1. The summed E-state index contributed by atoms with van der Waals surface area (Å²) in [6.45, 7) is 2.30. The number of hydrogen-bond acceptors (Lipinski definition) is 5. The first kappa shape index (κ1) is 18.3. The van der Waals surface area contributed by atoms with Gasteiger partial charge < -0.3 is 19.9 Å². The van der Waals surface area contributed by atoms with E-state index in [2.05, 4.69) is 25.2 Å². The van der Waals surface area contributed by atoms with Gasteiger partial charge in [0.05, 0.1) is 13.3 Å². The highest BCUT2D eigenvalue weighted by molar-refractivity contribution is 5.85. The second-order valence-electron chi connectivity index (χ2n) is 7.09. The average molecular weight is 379 g/mol. The molecule has 3 aromatic rings. The van der Waals surface area contributed by atoms with Crippen LogP contribution in [-0.4, -0.2) is 47.6 Å². The van der Waals surface area contributed by atoms with E-state index in [1.54, 1.807) is 25.7 Å². The number of piperidine rings is 1. The number of nitrogens with zero attached hydrogens (tertiary/aromatic N) is 3. The Balaban J connectivity index is 1.27. The van der Waals surface area contributed by atoms with Crippen LogP contribution in [0.4, 0.5) is 5.82 Å². The molecule has 1 saturated heterocycles. The van der Waals surface area contributed by atoms with Crippen molar-refractivity contribution in [2.24, 2.45) is 5.92 Å². The maximum atomic E-state index is 12.5. The molecule has 0 aliphatic carbocycles. The number of hydrogen-bond donors (Lipinski definition) is 2. The summed E-state index contributed by atoms with van der Waals surface area (Å²) in [6, 6.07) is 5.99. The molecule has 0 radical (unpaired) electrons. The summed E-state index contributed by atoms with van der Waals surface area (Å²) in [7, 11) is 1.67.